The van der Waals surface area contributed by atoms with E-state index >= 15 is 0 Å². The highest BCUT2D eigenvalue weighted by molar-refractivity contribution is 4.85. The fourth-order valence-electron chi connectivity index (χ4n) is 6.55. The maximum absolute atomic E-state index is 6.16. The number of nitrogens with one attached hydrogen (secondary N) is 4. The van der Waals surface area contributed by atoms with E-state index < -0.39 is 0 Å². The van der Waals surface area contributed by atoms with Crippen LogP contribution in [-0.2, 0) is 4.84 Å². The van der Waals surface area contributed by atoms with Gasteiger partial charge in [0.25, 0.3) is 0 Å². The van der Waals surface area contributed by atoms with Crippen molar-refractivity contribution in [1.29, 1.82) is 0 Å². The Hall–Kier alpha value is -0.280. The normalized spacial score (nSPS) is 45.6. The lowest BCUT2D eigenvalue weighted by Crippen LogP contribution is -3.16. The SMILES string of the molecule is C1CNCC(C[NH+]2CCC[C@H]2C2NC(C3CC[NH2+]C(N4CCCC4)C3)NO2)C1. The molecule has 5 fully saturated rings. The Balaban J connectivity index is 1.14. The van der Waals surface area contributed by atoms with E-state index in [0.717, 1.165) is 5.92 Å². The molecule has 7 nitrogen and oxygen atoms in total. The van der Waals surface area contributed by atoms with Gasteiger partial charge >= 0.3 is 0 Å². The maximum Gasteiger partial charge on any atom is 0.183 e. The molecule has 7 heteroatoms. The molecule has 0 bridgehead atoms. The number of quaternary nitrogens is 2. The number of nitrogens with two attached hydrogens (primary N) is 1. The molecular weight excluding hydrogens is 352 g/mol. The van der Waals surface area contributed by atoms with Gasteiger partial charge in [-0.1, -0.05) is 0 Å². The van der Waals surface area contributed by atoms with E-state index in [1.165, 1.54) is 97.2 Å². The van der Waals surface area contributed by atoms with Crippen LogP contribution in [0.5, 0.6) is 0 Å². The first kappa shape index (κ1) is 19.7. The van der Waals surface area contributed by atoms with E-state index in [4.69, 9.17) is 4.84 Å². The molecule has 5 aliphatic heterocycles. The van der Waals surface area contributed by atoms with Gasteiger partial charge in [-0.05, 0) is 32.2 Å². The highest BCUT2D eigenvalue weighted by Crippen LogP contribution is 2.23. The lowest BCUT2D eigenvalue weighted by atomic mass is 9.92. The van der Waals surface area contributed by atoms with Gasteiger partial charge in [-0.25, -0.2) is 0 Å². The first-order valence-corrected chi connectivity index (χ1v) is 12.2. The Kier molecular flexibility index (Phi) is 6.50. The van der Waals surface area contributed by atoms with E-state index in [1.807, 2.05) is 0 Å². The number of hydrogen-bond acceptors (Lipinski definition) is 5. The lowest BCUT2D eigenvalue weighted by Gasteiger charge is -2.35. The monoisotopic (exact) mass is 394 g/mol. The minimum atomic E-state index is 0.190. The Morgan fingerprint density at radius 1 is 1.07 bits per heavy atom. The highest BCUT2D eigenvalue weighted by Gasteiger charge is 2.44. The second kappa shape index (κ2) is 9.25. The van der Waals surface area contributed by atoms with Crippen LogP contribution in [-0.4, -0.2) is 75.3 Å². The molecule has 0 aromatic heterocycles. The Morgan fingerprint density at radius 3 is 2.86 bits per heavy atom. The van der Waals surface area contributed by atoms with Crippen LogP contribution in [0.2, 0.25) is 0 Å². The number of rotatable bonds is 5. The van der Waals surface area contributed by atoms with Crippen LogP contribution in [0.25, 0.3) is 0 Å². The molecule has 5 saturated heterocycles. The zero-order valence-corrected chi connectivity index (χ0v) is 17.5. The number of likely N-dealkylation sites (tertiary alicyclic amines) is 2. The minimum Gasteiger partial charge on any atom is -0.331 e. The van der Waals surface area contributed by atoms with Crippen molar-refractivity contribution in [1.82, 2.24) is 21.0 Å². The summed E-state index contributed by atoms with van der Waals surface area (Å²) in [6.45, 7) is 8.93. The van der Waals surface area contributed by atoms with E-state index in [2.05, 4.69) is 26.3 Å². The molecule has 0 aromatic rings. The summed E-state index contributed by atoms with van der Waals surface area (Å²) in [7, 11) is 0. The molecule has 5 aliphatic rings. The molecule has 0 aromatic carbocycles. The average molecular weight is 395 g/mol. The molecule has 0 aliphatic carbocycles. The van der Waals surface area contributed by atoms with Gasteiger partial charge in [0.2, 0.25) is 0 Å². The van der Waals surface area contributed by atoms with Crippen molar-refractivity contribution in [3.63, 3.8) is 0 Å². The van der Waals surface area contributed by atoms with E-state index in [-0.39, 0.29) is 6.23 Å². The summed E-state index contributed by atoms with van der Waals surface area (Å²) >= 11 is 0. The number of nitrogens with zero attached hydrogens (tertiary/aromatic N) is 1. The molecule has 0 amide bonds. The van der Waals surface area contributed by atoms with Gasteiger partial charge in [0.1, 0.15) is 12.2 Å². The van der Waals surface area contributed by atoms with Crippen LogP contribution in [0.1, 0.15) is 51.4 Å². The summed E-state index contributed by atoms with van der Waals surface area (Å²) < 4.78 is 0. The zero-order valence-electron chi connectivity index (χ0n) is 17.5. The van der Waals surface area contributed by atoms with Gasteiger partial charge in [0.05, 0.1) is 25.8 Å². The van der Waals surface area contributed by atoms with Crippen LogP contribution in [0.15, 0.2) is 0 Å². The molecule has 28 heavy (non-hydrogen) atoms. The molecule has 5 heterocycles. The Labute approximate surface area is 170 Å². The quantitative estimate of drug-likeness (QED) is 0.381. The second-order valence-electron chi connectivity index (χ2n) is 9.99. The van der Waals surface area contributed by atoms with Crippen LogP contribution in [0.3, 0.4) is 0 Å². The Morgan fingerprint density at radius 2 is 2.00 bits per heavy atom. The number of hydroxylamine groups is 1. The molecule has 0 saturated carbocycles. The standard InChI is InChI=1S/C21H40N6O/c1-2-11-26(10-1)19-13-17(7-9-23-19)20-24-21(28-25-20)18-6-4-12-27(18)15-16-5-3-8-22-14-16/h16-25H,1-15H2/p+2/t16?,17?,18-,19?,20?,21?/m0/s1. The average Bonchev–Trinajstić information content (AvgIpc) is 3.50. The molecular formula is C21H42N6O+2. The molecule has 0 spiro atoms. The van der Waals surface area contributed by atoms with Gasteiger partial charge in [0, 0.05) is 57.2 Å². The largest absolute Gasteiger partial charge is 0.331 e. The van der Waals surface area contributed by atoms with Crippen molar-refractivity contribution in [3.8, 4) is 0 Å². The third-order valence-corrected chi connectivity index (χ3v) is 8.12. The van der Waals surface area contributed by atoms with E-state index in [0.29, 0.717) is 24.3 Å². The maximum atomic E-state index is 6.16. The summed E-state index contributed by atoms with van der Waals surface area (Å²) in [5.41, 5.74) is 3.42. The first-order chi connectivity index (χ1) is 13.9. The van der Waals surface area contributed by atoms with Crippen molar-refractivity contribution >= 4 is 0 Å². The summed E-state index contributed by atoms with van der Waals surface area (Å²) in [5.74, 6) is 1.54. The predicted molar refractivity (Wildman–Crippen MR) is 108 cm³/mol. The molecule has 160 valence electrons. The van der Waals surface area contributed by atoms with Gasteiger partial charge in [-0.3, -0.25) is 15.1 Å². The van der Waals surface area contributed by atoms with Gasteiger partial charge in [-0.15, -0.1) is 0 Å². The van der Waals surface area contributed by atoms with Crippen LogP contribution >= 0.6 is 0 Å². The van der Waals surface area contributed by atoms with E-state index in [1.54, 1.807) is 4.90 Å². The molecule has 0 radical (unpaired) electrons. The van der Waals surface area contributed by atoms with Crippen molar-refractivity contribution < 1.29 is 15.1 Å². The summed E-state index contributed by atoms with van der Waals surface area (Å²) in [6.07, 6.45) is 12.0. The fraction of sp³-hybridized carbons (Fsp3) is 1.00. The molecule has 7 atom stereocenters. The van der Waals surface area contributed by atoms with Crippen LogP contribution in [0, 0.1) is 11.8 Å². The van der Waals surface area contributed by atoms with Crippen molar-refractivity contribution in [2.45, 2.75) is 76.0 Å². The smallest absolute Gasteiger partial charge is 0.183 e. The predicted octanol–water partition coefficient (Wildman–Crippen LogP) is -1.79. The molecule has 5 rings (SSSR count). The topological polar surface area (TPSA) is 69.6 Å². The second-order valence-corrected chi connectivity index (χ2v) is 9.99. The summed E-state index contributed by atoms with van der Waals surface area (Å²) in [6, 6.07) is 0.615. The molecule has 6 unspecified atom stereocenters. The number of piperidine rings is 2. The van der Waals surface area contributed by atoms with Gasteiger partial charge in [-0.2, -0.15) is 5.48 Å². The van der Waals surface area contributed by atoms with E-state index in [9.17, 15) is 0 Å². The van der Waals surface area contributed by atoms with Crippen molar-refractivity contribution in [2.75, 3.05) is 45.8 Å². The van der Waals surface area contributed by atoms with Gasteiger partial charge in [0.15, 0.2) is 6.23 Å². The number of hydrogen-bond donors (Lipinski definition) is 5. The zero-order chi connectivity index (χ0) is 18.8. The van der Waals surface area contributed by atoms with Crippen LogP contribution < -0.4 is 26.3 Å². The fourth-order valence-corrected chi connectivity index (χ4v) is 6.55. The first-order valence-electron chi connectivity index (χ1n) is 12.2. The highest BCUT2D eigenvalue weighted by atomic mass is 16.7. The van der Waals surface area contributed by atoms with Crippen molar-refractivity contribution in [2.24, 2.45) is 11.8 Å². The summed E-state index contributed by atoms with van der Waals surface area (Å²) in [5, 5.41) is 10.0. The lowest BCUT2D eigenvalue weighted by molar-refractivity contribution is -0.919. The van der Waals surface area contributed by atoms with Gasteiger partial charge < -0.3 is 15.5 Å². The Bertz CT molecular complexity index is 495. The molecule has 6 N–H and O–H groups in total. The summed E-state index contributed by atoms with van der Waals surface area (Å²) in [4.78, 5) is 10.6. The third kappa shape index (κ3) is 4.41. The van der Waals surface area contributed by atoms with Crippen molar-refractivity contribution in [3.05, 3.63) is 0 Å². The minimum absolute atomic E-state index is 0.190. The van der Waals surface area contributed by atoms with Crippen LogP contribution in [0.4, 0.5) is 0 Å². The third-order valence-electron chi connectivity index (χ3n) is 8.12.